The molecule has 0 unspecified atom stereocenters. The number of nitrogens with zero attached hydrogens (tertiary/aromatic N) is 1. The van der Waals surface area contributed by atoms with Gasteiger partial charge in [0.2, 0.25) is 0 Å². The zero-order valence-electron chi connectivity index (χ0n) is 9.18. The molecule has 2 rings (SSSR count). The molecule has 17 heavy (non-hydrogen) atoms. The molecule has 0 radical (unpaired) electrons. The maximum absolute atomic E-state index is 13.1. The smallest absolute Gasteiger partial charge is 0.192 e. The summed E-state index contributed by atoms with van der Waals surface area (Å²) in [5.74, 6) is -0.367. The third-order valence-corrected chi connectivity index (χ3v) is 2.49. The van der Waals surface area contributed by atoms with Gasteiger partial charge in [-0.25, -0.2) is 4.39 Å². The van der Waals surface area contributed by atoms with Gasteiger partial charge in [-0.1, -0.05) is 6.07 Å². The van der Waals surface area contributed by atoms with E-state index in [1.165, 1.54) is 24.4 Å². The number of aryl methyl sites for hydroxylation is 1. The Hall–Kier alpha value is -2.23. The summed E-state index contributed by atoms with van der Waals surface area (Å²) in [4.78, 5) is 22.1. The molecule has 0 fully saturated rings. The lowest BCUT2D eigenvalue weighted by Gasteiger charge is -2.11. The van der Waals surface area contributed by atoms with Crippen molar-refractivity contribution in [3.63, 3.8) is 0 Å². The van der Waals surface area contributed by atoms with Crippen LogP contribution in [0.2, 0.25) is 0 Å². The predicted octanol–water partition coefficient (Wildman–Crippen LogP) is 2.10. The molecular formula is C13H10FNO2. The highest BCUT2D eigenvalue weighted by atomic mass is 19.1. The Balaban J connectivity index is 2.67. The Morgan fingerprint density at radius 3 is 2.71 bits per heavy atom. The van der Waals surface area contributed by atoms with Crippen molar-refractivity contribution in [3.05, 3.63) is 63.8 Å². The summed E-state index contributed by atoms with van der Waals surface area (Å²) in [6, 6.07) is 7.31. The molecule has 3 nitrogen and oxygen atoms in total. The number of benzene rings is 1. The Kier molecular flexibility index (Phi) is 2.87. The summed E-state index contributed by atoms with van der Waals surface area (Å²) in [6.45, 7) is 1.72. The van der Waals surface area contributed by atoms with E-state index in [4.69, 9.17) is 0 Å². The van der Waals surface area contributed by atoms with Crippen molar-refractivity contribution >= 4 is 6.29 Å². The van der Waals surface area contributed by atoms with Crippen LogP contribution >= 0.6 is 0 Å². The lowest BCUT2D eigenvalue weighted by Crippen LogP contribution is -2.13. The van der Waals surface area contributed by atoms with Gasteiger partial charge in [-0.15, -0.1) is 0 Å². The molecule has 0 bridgehead atoms. The molecule has 0 saturated heterocycles. The van der Waals surface area contributed by atoms with Gasteiger partial charge < -0.3 is 4.57 Å². The van der Waals surface area contributed by atoms with Crippen LogP contribution in [0.25, 0.3) is 5.69 Å². The van der Waals surface area contributed by atoms with Crippen molar-refractivity contribution in [2.45, 2.75) is 6.92 Å². The molecule has 0 amide bonds. The average molecular weight is 231 g/mol. The number of carbonyl (C=O) groups excluding carboxylic acids is 1. The van der Waals surface area contributed by atoms with Crippen LogP contribution in [0.4, 0.5) is 4.39 Å². The van der Waals surface area contributed by atoms with Crippen LogP contribution in [0.15, 0.2) is 41.3 Å². The van der Waals surface area contributed by atoms with Crippen LogP contribution in [-0.4, -0.2) is 10.9 Å². The highest BCUT2D eigenvalue weighted by Crippen LogP contribution is 2.12. The summed E-state index contributed by atoms with van der Waals surface area (Å²) in [6.07, 6.45) is 1.91. The minimum absolute atomic E-state index is 0.0554. The van der Waals surface area contributed by atoms with Crippen LogP contribution in [0.5, 0.6) is 0 Å². The first-order valence-corrected chi connectivity index (χ1v) is 5.06. The van der Waals surface area contributed by atoms with Crippen molar-refractivity contribution in [3.8, 4) is 5.69 Å². The normalized spacial score (nSPS) is 10.2. The van der Waals surface area contributed by atoms with Crippen LogP contribution in [0.3, 0.4) is 0 Å². The van der Waals surface area contributed by atoms with E-state index in [-0.39, 0.29) is 16.8 Å². The van der Waals surface area contributed by atoms with E-state index in [9.17, 15) is 14.0 Å². The van der Waals surface area contributed by atoms with E-state index in [1.54, 1.807) is 23.6 Å². The van der Waals surface area contributed by atoms with Crippen molar-refractivity contribution in [2.24, 2.45) is 0 Å². The highest BCUT2D eigenvalue weighted by molar-refractivity contribution is 5.74. The number of aldehydes is 1. The summed E-state index contributed by atoms with van der Waals surface area (Å²) in [5.41, 5.74) is 0.946. The molecule has 4 heteroatoms. The molecule has 0 aliphatic carbocycles. The molecule has 0 aliphatic heterocycles. The van der Waals surface area contributed by atoms with Crippen molar-refractivity contribution in [1.29, 1.82) is 0 Å². The summed E-state index contributed by atoms with van der Waals surface area (Å²) in [5, 5.41) is 0. The SMILES string of the molecule is Cc1cc(=O)c(C=O)cn1-c1cccc(F)c1. The molecule has 0 N–H and O–H groups in total. The fourth-order valence-corrected chi connectivity index (χ4v) is 1.64. The van der Waals surface area contributed by atoms with Gasteiger partial charge in [0, 0.05) is 23.6 Å². The zero-order valence-corrected chi connectivity index (χ0v) is 9.18. The number of rotatable bonds is 2. The largest absolute Gasteiger partial charge is 0.320 e. The molecular weight excluding hydrogens is 221 g/mol. The van der Waals surface area contributed by atoms with Gasteiger partial charge >= 0.3 is 0 Å². The lowest BCUT2D eigenvalue weighted by atomic mass is 10.2. The van der Waals surface area contributed by atoms with Crippen molar-refractivity contribution in [1.82, 2.24) is 4.57 Å². The Morgan fingerprint density at radius 2 is 2.06 bits per heavy atom. The third kappa shape index (κ3) is 2.15. The van der Waals surface area contributed by atoms with E-state index in [2.05, 4.69) is 0 Å². The first-order valence-electron chi connectivity index (χ1n) is 5.06. The Bertz CT molecular complexity index is 632. The number of aromatic nitrogens is 1. The first kappa shape index (κ1) is 11.3. The van der Waals surface area contributed by atoms with Gasteiger partial charge in [-0.2, -0.15) is 0 Å². The first-order chi connectivity index (χ1) is 8.11. The topological polar surface area (TPSA) is 39.1 Å². The van der Waals surface area contributed by atoms with E-state index >= 15 is 0 Å². The van der Waals surface area contributed by atoms with Gasteiger partial charge in [0.15, 0.2) is 11.7 Å². The number of pyridine rings is 1. The van der Waals surface area contributed by atoms with Crippen LogP contribution in [0, 0.1) is 12.7 Å². The van der Waals surface area contributed by atoms with Crippen LogP contribution < -0.4 is 5.43 Å². The molecule has 86 valence electrons. The zero-order chi connectivity index (χ0) is 12.4. The summed E-state index contributed by atoms with van der Waals surface area (Å²) in [7, 11) is 0. The standard InChI is InChI=1S/C13H10FNO2/c1-9-5-13(17)10(8-16)7-15(9)12-4-2-3-11(14)6-12/h2-8H,1H3. The second-order valence-electron chi connectivity index (χ2n) is 3.70. The van der Waals surface area contributed by atoms with Gasteiger partial charge in [0.25, 0.3) is 0 Å². The van der Waals surface area contributed by atoms with E-state index in [0.717, 1.165) is 0 Å². The van der Waals surface area contributed by atoms with Gasteiger partial charge in [0.05, 0.1) is 5.56 Å². The third-order valence-electron chi connectivity index (χ3n) is 2.49. The van der Waals surface area contributed by atoms with Crippen molar-refractivity contribution < 1.29 is 9.18 Å². The molecule has 2 aromatic rings. The maximum Gasteiger partial charge on any atom is 0.192 e. The van der Waals surface area contributed by atoms with E-state index in [0.29, 0.717) is 17.7 Å². The van der Waals surface area contributed by atoms with Crippen LogP contribution in [0.1, 0.15) is 16.1 Å². The monoisotopic (exact) mass is 231 g/mol. The lowest BCUT2D eigenvalue weighted by molar-refractivity contribution is 0.112. The Morgan fingerprint density at radius 1 is 1.29 bits per heavy atom. The number of hydrogen-bond donors (Lipinski definition) is 0. The van der Waals surface area contributed by atoms with Gasteiger partial charge in [-0.05, 0) is 25.1 Å². The molecule has 0 saturated carbocycles. The Labute approximate surface area is 97.1 Å². The average Bonchev–Trinajstić information content (AvgIpc) is 2.29. The quantitative estimate of drug-likeness (QED) is 0.742. The fourth-order valence-electron chi connectivity index (χ4n) is 1.64. The van der Waals surface area contributed by atoms with Crippen molar-refractivity contribution in [2.75, 3.05) is 0 Å². The predicted molar refractivity (Wildman–Crippen MR) is 62.1 cm³/mol. The van der Waals surface area contributed by atoms with Gasteiger partial charge in [-0.3, -0.25) is 9.59 Å². The van der Waals surface area contributed by atoms with Gasteiger partial charge in [0.1, 0.15) is 5.82 Å². The maximum atomic E-state index is 13.1. The highest BCUT2D eigenvalue weighted by Gasteiger charge is 2.05. The molecule has 1 aromatic heterocycles. The van der Waals surface area contributed by atoms with E-state index < -0.39 is 0 Å². The van der Waals surface area contributed by atoms with Crippen LogP contribution in [-0.2, 0) is 0 Å². The molecule has 0 aliphatic rings. The molecule has 1 heterocycles. The van der Waals surface area contributed by atoms with E-state index in [1.807, 2.05) is 0 Å². The summed E-state index contributed by atoms with van der Waals surface area (Å²) >= 11 is 0. The minimum Gasteiger partial charge on any atom is -0.320 e. The summed E-state index contributed by atoms with van der Waals surface area (Å²) < 4.78 is 14.7. The number of halogens is 1. The molecule has 0 spiro atoms. The second kappa shape index (κ2) is 4.33. The minimum atomic E-state index is -0.367. The molecule has 1 aromatic carbocycles. The number of carbonyl (C=O) groups is 1. The fraction of sp³-hybridized carbons (Fsp3) is 0.0769. The second-order valence-corrected chi connectivity index (χ2v) is 3.70. The molecule has 0 atom stereocenters. The number of hydrogen-bond acceptors (Lipinski definition) is 2.